The summed E-state index contributed by atoms with van der Waals surface area (Å²) in [6.45, 7) is 0. The second kappa shape index (κ2) is 2.10. The first kappa shape index (κ1) is 5.93. The fourth-order valence-corrected chi connectivity index (χ4v) is 0.917. The van der Waals surface area contributed by atoms with Crippen molar-refractivity contribution < 1.29 is 4.42 Å². The highest BCUT2D eigenvalue weighted by molar-refractivity contribution is 5.58. The maximum atomic E-state index is 8.50. The number of hydrogen-bond acceptors (Lipinski definition) is 3. The lowest BCUT2D eigenvalue weighted by Crippen LogP contribution is -1.76. The molecule has 2 aliphatic rings. The van der Waals surface area contributed by atoms with E-state index in [2.05, 4.69) is 4.98 Å². The monoisotopic (exact) mass is 144 g/mol. The van der Waals surface area contributed by atoms with Crippen molar-refractivity contribution in [2.24, 2.45) is 0 Å². The summed E-state index contributed by atoms with van der Waals surface area (Å²) in [5.74, 6) is 0.712. The highest BCUT2D eigenvalue weighted by Crippen LogP contribution is 2.21. The second-order valence-corrected chi connectivity index (χ2v) is 2.17. The highest BCUT2D eigenvalue weighted by Gasteiger charge is 2.05. The van der Waals surface area contributed by atoms with Gasteiger partial charge in [0.2, 0.25) is 0 Å². The van der Waals surface area contributed by atoms with Gasteiger partial charge in [0.25, 0.3) is 0 Å². The van der Waals surface area contributed by atoms with Crippen LogP contribution >= 0.6 is 0 Å². The van der Waals surface area contributed by atoms with Gasteiger partial charge in [-0.2, -0.15) is 5.26 Å². The van der Waals surface area contributed by atoms with Crippen LogP contribution in [0.2, 0.25) is 0 Å². The molecule has 11 heavy (non-hydrogen) atoms. The van der Waals surface area contributed by atoms with Crippen LogP contribution in [0.25, 0.3) is 11.3 Å². The normalized spacial score (nSPS) is 9.73. The molecule has 0 amide bonds. The molecule has 2 aliphatic heterocycles. The molecule has 0 N–H and O–H groups in total. The van der Waals surface area contributed by atoms with Crippen molar-refractivity contribution in [2.75, 3.05) is 0 Å². The van der Waals surface area contributed by atoms with Crippen molar-refractivity contribution in [1.82, 2.24) is 4.98 Å². The topological polar surface area (TPSA) is 49.8 Å². The maximum absolute atomic E-state index is 8.50. The Hall–Kier alpha value is -1.82. The van der Waals surface area contributed by atoms with E-state index in [4.69, 9.17) is 9.68 Å². The van der Waals surface area contributed by atoms with E-state index in [9.17, 15) is 0 Å². The van der Waals surface area contributed by atoms with Gasteiger partial charge in [-0.3, -0.25) is 4.98 Å². The SMILES string of the molecule is N#Cc1coc2cncc-2c1. The van der Waals surface area contributed by atoms with Gasteiger partial charge in [-0.15, -0.1) is 0 Å². The lowest BCUT2D eigenvalue weighted by atomic mass is 10.2. The Morgan fingerprint density at radius 1 is 1.45 bits per heavy atom. The van der Waals surface area contributed by atoms with Gasteiger partial charge in [0, 0.05) is 11.8 Å². The zero-order chi connectivity index (χ0) is 7.68. The second-order valence-electron chi connectivity index (χ2n) is 2.17. The van der Waals surface area contributed by atoms with Crippen LogP contribution in [0.5, 0.6) is 0 Å². The number of fused-ring (bicyclic) bond motifs is 1. The summed E-state index contributed by atoms with van der Waals surface area (Å²) in [5, 5.41) is 8.50. The van der Waals surface area contributed by atoms with Gasteiger partial charge in [-0.25, -0.2) is 0 Å². The molecule has 52 valence electrons. The van der Waals surface area contributed by atoms with E-state index in [-0.39, 0.29) is 0 Å². The van der Waals surface area contributed by atoms with Crippen molar-refractivity contribution in [3.8, 4) is 17.4 Å². The molecule has 3 nitrogen and oxygen atoms in total. The minimum absolute atomic E-state index is 0.519. The molecule has 0 saturated carbocycles. The Labute approximate surface area is 63.2 Å². The average Bonchev–Trinajstić information content (AvgIpc) is 2.50. The summed E-state index contributed by atoms with van der Waals surface area (Å²) in [6.07, 6.45) is 4.71. The summed E-state index contributed by atoms with van der Waals surface area (Å²) in [7, 11) is 0. The van der Waals surface area contributed by atoms with E-state index in [1.165, 1.54) is 6.26 Å². The van der Waals surface area contributed by atoms with E-state index in [1.54, 1.807) is 18.5 Å². The van der Waals surface area contributed by atoms with Crippen LogP contribution < -0.4 is 0 Å². The molecule has 0 aromatic carbocycles. The maximum Gasteiger partial charge on any atom is 0.153 e. The summed E-state index contributed by atoms with van der Waals surface area (Å²) in [5.41, 5.74) is 1.38. The molecule has 0 atom stereocenters. The lowest BCUT2D eigenvalue weighted by molar-refractivity contribution is 0.564. The minimum atomic E-state index is 0.519. The van der Waals surface area contributed by atoms with E-state index in [0.717, 1.165) is 5.56 Å². The van der Waals surface area contributed by atoms with Crippen LogP contribution in [0.15, 0.2) is 29.1 Å². The zero-order valence-electron chi connectivity index (χ0n) is 5.61. The largest absolute Gasteiger partial charge is 0.461 e. The third-order valence-electron chi connectivity index (χ3n) is 1.44. The molecule has 0 aromatic heterocycles. The third kappa shape index (κ3) is 0.849. The van der Waals surface area contributed by atoms with Gasteiger partial charge < -0.3 is 4.42 Å². The molecule has 0 aromatic rings. The van der Waals surface area contributed by atoms with Crippen LogP contribution in [-0.2, 0) is 0 Å². The molecule has 0 fully saturated rings. The summed E-state index contributed by atoms with van der Waals surface area (Å²) >= 11 is 0. The van der Waals surface area contributed by atoms with Crippen molar-refractivity contribution in [1.29, 1.82) is 5.26 Å². The van der Waals surface area contributed by atoms with Crippen molar-refractivity contribution in [3.05, 3.63) is 30.3 Å². The summed E-state index contributed by atoms with van der Waals surface area (Å²) in [6, 6.07) is 3.73. The number of hydrogen-bond donors (Lipinski definition) is 0. The number of nitrogens with zero attached hydrogens (tertiary/aromatic N) is 2. The predicted molar refractivity (Wildman–Crippen MR) is 37.8 cm³/mol. The Kier molecular flexibility index (Phi) is 1.13. The van der Waals surface area contributed by atoms with E-state index < -0.39 is 0 Å². The summed E-state index contributed by atoms with van der Waals surface area (Å²) < 4.78 is 5.09. The van der Waals surface area contributed by atoms with Crippen LogP contribution in [0.3, 0.4) is 0 Å². The van der Waals surface area contributed by atoms with E-state index in [1.807, 2.05) is 6.07 Å². The van der Waals surface area contributed by atoms with E-state index in [0.29, 0.717) is 11.3 Å². The molecule has 0 saturated heterocycles. The molecule has 0 radical (unpaired) electrons. The minimum Gasteiger partial charge on any atom is -0.461 e. The Bertz CT molecular complexity index is 386. The number of rotatable bonds is 0. The Balaban J connectivity index is 2.71. The zero-order valence-corrected chi connectivity index (χ0v) is 5.61. The molecule has 3 heteroatoms. The first-order valence-electron chi connectivity index (χ1n) is 3.12. The van der Waals surface area contributed by atoms with Crippen LogP contribution in [0.1, 0.15) is 5.56 Å². The molecule has 0 spiro atoms. The standard InChI is InChI=1S/C8H4N2O/c9-2-6-1-7-3-10-4-8(7)11-5-6/h1,3-5H. The van der Waals surface area contributed by atoms with Gasteiger partial charge in [0.1, 0.15) is 12.3 Å². The van der Waals surface area contributed by atoms with Gasteiger partial charge in [0.15, 0.2) is 5.76 Å². The van der Waals surface area contributed by atoms with Crippen molar-refractivity contribution in [3.63, 3.8) is 0 Å². The molecule has 2 rings (SSSR count). The smallest absolute Gasteiger partial charge is 0.153 e. The summed E-state index contributed by atoms with van der Waals surface area (Å²) in [4.78, 5) is 3.87. The van der Waals surface area contributed by atoms with Crippen LogP contribution in [0.4, 0.5) is 0 Å². The fraction of sp³-hybridized carbons (Fsp3) is 0. The first-order chi connectivity index (χ1) is 5.40. The van der Waals surface area contributed by atoms with Gasteiger partial charge in [0.05, 0.1) is 11.8 Å². The molecular formula is C8H4N2O. The number of aromatic nitrogens is 1. The first-order valence-corrected chi connectivity index (χ1v) is 3.12. The van der Waals surface area contributed by atoms with Crippen LogP contribution in [-0.4, -0.2) is 4.98 Å². The molecule has 0 aliphatic carbocycles. The molecular weight excluding hydrogens is 140 g/mol. The Morgan fingerprint density at radius 3 is 3.18 bits per heavy atom. The van der Waals surface area contributed by atoms with Crippen LogP contribution in [0, 0.1) is 11.3 Å². The third-order valence-corrected chi connectivity index (χ3v) is 1.44. The van der Waals surface area contributed by atoms with Crippen molar-refractivity contribution >= 4 is 0 Å². The highest BCUT2D eigenvalue weighted by atomic mass is 16.3. The lowest BCUT2D eigenvalue weighted by Gasteiger charge is -1.94. The van der Waals surface area contributed by atoms with Gasteiger partial charge in [-0.05, 0) is 6.07 Å². The quantitative estimate of drug-likeness (QED) is 0.564. The van der Waals surface area contributed by atoms with Gasteiger partial charge >= 0.3 is 0 Å². The average molecular weight is 144 g/mol. The molecule has 0 bridgehead atoms. The molecule has 2 heterocycles. The Morgan fingerprint density at radius 2 is 2.36 bits per heavy atom. The fourth-order valence-electron chi connectivity index (χ4n) is 0.917. The van der Waals surface area contributed by atoms with Crippen molar-refractivity contribution in [2.45, 2.75) is 0 Å². The van der Waals surface area contributed by atoms with Gasteiger partial charge in [-0.1, -0.05) is 0 Å². The molecule has 0 unspecified atom stereocenters. The predicted octanol–water partition coefficient (Wildman–Crippen LogP) is 1.65. The van der Waals surface area contributed by atoms with E-state index >= 15 is 0 Å². The number of nitriles is 1.